The number of hydrogen-bond donors (Lipinski definition) is 1. The van der Waals surface area contributed by atoms with Crippen molar-refractivity contribution in [2.24, 2.45) is 0 Å². The Morgan fingerprint density at radius 3 is 2.52 bits per heavy atom. The molecule has 1 aliphatic rings. The fourth-order valence-electron chi connectivity index (χ4n) is 2.93. The molecule has 0 saturated carbocycles. The van der Waals surface area contributed by atoms with E-state index in [1.165, 1.54) is 0 Å². The van der Waals surface area contributed by atoms with Crippen LogP contribution in [-0.2, 0) is 11.2 Å². The number of aryl methyl sites for hydroxylation is 1. The van der Waals surface area contributed by atoms with E-state index < -0.39 is 17.5 Å². The van der Waals surface area contributed by atoms with E-state index >= 15 is 0 Å². The van der Waals surface area contributed by atoms with Crippen molar-refractivity contribution in [1.29, 1.82) is 0 Å². The summed E-state index contributed by atoms with van der Waals surface area (Å²) in [5.74, 6) is 0.0559. The highest BCUT2D eigenvalue weighted by molar-refractivity contribution is 7.18. The molecule has 6 nitrogen and oxygen atoms in total. The molecule has 1 aromatic carbocycles. The third kappa shape index (κ3) is 4.14. The van der Waals surface area contributed by atoms with Crippen LogP contribution in [0.2, 0.25) is 4.34 Å². The summed E-state index contributed by atoms with van der Waals surface area (Å²) < 4.78 is 5.62. The maximum Gasteiger partial charge on any atom is 0.325 e. The molecule has 2 aromatic rings. The van der Waals surface area contributed by atoms with Crippen molar-refractivity contribution in [3.8, 4) is 5.75 Å². The minimum Gasteiger partial charge on any atom is -0.497 e. The monoisotopic (exact) mass is 406 g/mol. The van der Waals surface area contributed by atoms with Crippen molar-refractivity contribution < 1.29 is 19.1 Å². The molecule has 0 spiro atoms. The molecule has 0 bridgehead atoms. The number of methoxy groups -OCH3 is 1. The van der Waals surface area contributed by atoms with Crippen LogP contribution >= 0.6 is 22.9 Å². The largest absolute Gasteiger partial charge is 0.497 e. The van der Waals surface area contributed by atoms with Gasteiger partial charge in [0.2, 0.25) is 0 Å². The van der Waals surface area contributed by atoms with Crippen LogP contribution in [-0.4, -0.2) is 41.8 Å². The molecule has 1 atom stereocenters. The topological polar surface area (TPSA) is 75.7 Å². The summed E-state index contributed by atoms with van der Waals surface area (Å²) in [7, 11) is 1.60. The Kier molecular flexibility index (Phi) is 5.53. The number of ketones is 1. The summed E-state index contributed by atoms with van der Waals surface area (Å²) >= 11 is 6.97. The highest BCUT2D eigenvalue weighted by Gasteiger charge is 2.47. The molecule has 1 aromatic heterocycles. The van der Waals surface area contributed by atoms with E-state index in [1.807, 2.05) is 24.3 Å². The zero-order chi connectivity index (χ0) is 19.6. The van der Waals surface area contributed by atoms with Crippen LogP contribution < -0.4 is 10.1 Å². The average Bonchev–Trinajstić information content (AvgIpc) is 3.18. The van der Waals surface area contributed by atoms with Crippen molar-refractivity contribution in [3.63, 3.8) is 0 Å². The lowest BCUT2D eigenvalue weighted by molar-refractivity contribution is -0.130. The van der Waals surface area contributed by atoms with E-state index in [0.29, 0.717) is 22.1 Å². The van der Waals surface area contributed by atoms with Gasteiger partial charge in [0.1, 0.15) is 11.3 Å². The van der Waals surface area contributed by atoms with Gasteiger partial charge in [-0.3, -0.25) is 14.5 Å². The molecule has 1 aliphatic heterocycles. The lowest BCUT2D eigenvalue weighted by Crippen LogP contribution is -2.44. The number of amides is 3. The minimum atomic E-state index is -1.04. The number of hydrogen-bond acceptors (Lipinski definition) is 5. The molecule has 8 heteroatoms. The molecule has 3 rings (SSSR count). The van der Waals surface area contributed by atoms with Gasteiger partial charge in [0.05, 0.1) is 22.9 Å². The van der Waals surface area contributed by atoms with Gasteiger partial charge >= 0.3 is 6.03 Å². The normalized spacial score (nSPS) is 19.3. The number of nitrogens with zero attached hydrogens (tertiary/aromatic N) is 1. The van der Waals surface area contributed by atoms with Gasteiger partial charge in [0.25, 0.3) is 5.91 Å². The standard InChI is InChI=1S/C19H19ClN2O4S/c1-19(10-9-12-3-5-13(26-2)6-4-12)17(24)22(18(25)21-19)11-14(23)15-7-8-16(20)27-15/h3-8H,9-11H2,1-2H3,(H,21,25)/t19-/m1/s1. The van der Waals surface area contributed by atoms with E-state index in [0.717, 1.165) is 27.5 Å². The van der Waals surface area contributed by atoms with Gasteiger partial charge in [0.15, 0.2) is 5.78 Å². The summed E-state index contributed by atoms with van der Waals surface area (Å²) in [4.78, 5) is 38.8. The maximum atomic E-state index is 12.8. The van der Waals surface area contributed by atoms with Gasteiger partial charge in [-0.2, -0.15) is 0 Å². The summed E-state index contributed by atoms with van der Waals surface area (Å²) in [5.41, 5.74) is -0.00785. The first-order valence-corrected chi connectivity index (χ1v) is 9.57. The van der Waals surface area contributed by atoms with Crippen LogP contribution in [0, 0.1) is 0 Å². The average molecular weight is 407 g/mol. The van der Waals surface area contributed by atoms with Crippen LogP contribution in [0.1, 0.15) is 28.6 Å². The Morgan fingerprint density at radius 1 is 1.22 bits per heavy atom. The Labute approximate surface area is 166 Å². The molecule has 2 heterocycles. The predicted octanol–water partition coefficient (Wildman–Crippen LogP) is 3.54. The number of thiophene rings is 1. The zero-order valence-electron chi connectivity index (χ0n) is 15.0. The second-order valence-corrected chi connectivity index (χ2v) is 8.24. The number of benzene rings is 1. The molecule has 1 saturated heterocycles. The van der Waals surface area contributed by atoms with Gasteiger partial charge in [0, 0.05) is 0 Å². The van der Waals surface area contributed by atoms with E-state index in [2.05, 4.69) is 5.32 Å². The Bertz CT molecular complexity index is 880. The summed E-state index contributed by atoms with van der Waals surface area (Å²) in [6, 6.07) is 10.2. The first kappa shape index (κ1) is 19.4. The predicted molar refractivity (Wildman–Crippen MR) is 104 cm³/mol. The number of ether oxygens (including phenoxy) is 1. The number of urea groups is 1. The molecule has 27 heavy (non-hydrogen) atoms. The van der Waals surface area contributed by atoms with Crippen molar-refractivity contribution >= 4 is 40.7 Å². The Balaban J connectivity index is 1.65. The van der Waals surface area contributed by atoms with Crippen molar-refractivity contribution in [2.75, 3.05) is 13.7 Å². The third-order valence-corrected chi connectivity index (χ3v) is 5.84. The van der Waals surface area contributed by atoms with Crippen LogP contribution in [0.25, 0.3) is 0 Å². The number of imide groups is 1. The number of carbonyl (C=O) groups is 3. The number of rotatable bonds is 7. The molecule has 3 amide bonds. The van der Waals surface area contributed by atoms with Crippen LogP contribution in [0.3, 0.4) is 0 Å². The van der Waals surface area contributed by atoms with Gasteiger partial charge in [-0.15, -0.1) is 11.3 Å². The number of nitrogens with one attached hydrogen (secondary N) is 1. The van der Waals surface area contributed by atoms with Crippen LogP contribution in [0.5, 0.6) is 5.75 Å². The van der Waals surface area contributed by atoms with E-state index in [1.54, 1.807) is 26.2 Å². The number of halogens is 1. The fourth-order valence-corrected chi connectivity index (χ4v) is 3.91. The molecule has 142 valence electrons. The summed E-state index contributed by atoms with van der Waals surface area (Å²) in [6.07, 6.45) is 1.04. The first-order valence-electron chi connectivity index (χ1n) is 8.38. The molecule has 0 aliphatic carbocycles. The smallest absolute Gasteiger partial charge is 0.325 e. The van der Waals surface area contributed by atoms with Gasteiger partial charge in [-0.05, 0) is 49.6 Å². The zero-order valence-corrected chi connectivity index (χ0v) is 16.5. The van der Waals surface area contributed by atoms with Crippen molar-refractivity contribution in [2.45, 2.75) is 25.3 Å². The van der Waals surface area contributed by atoms with E-state index in [4.69, 9.17) is 16.3 Å². The molecule has 0 radical (unpaired) electrons. The van der Waals surface area contributed by atoms with Crippen LogP contribution in [0.15, 0.2) is 36.4 Å². The number of carbonyl (C=O) groups excluding carboxylic acids is 3. The van der Waals surface area contributed by atoms with E-state index in [9.17, 15) is 14.4 Å². The maximum absolute atomic E-state index is 12.8. The quantitative estimate of drug-likeness (QED) is 0.563. The molecule has 1 N–H and O–H groups in total. The lowest BCUT2D eigenvalue weighted by Gasteiger charge is -2.21. The highest BCUT2D eigenvalue weighted by Crippen LogP contribution is 2.26. The van der Waals surface area contributed by atoms with Gasteiger partial charge in [-0.1, -0.05) is 23.7 Å². The molecule has 0 unspecified atom stereocenters. The fraction of sp³-hybridized carbons (Fsp3) is 0.316. The summed E-state index contributed by atoms with van der Waals surface area (Å²) in [5, 5.41) is 2.72. The second kappa shape index (κ2) is 7.70. The SMILES string of the molecule is COc1ccc(CC[C@@]2(C)NC(=O)N(CC(=O)c3ccc(Cl)s3)C2=O)cc1. The van der Waals surface area contributed by atoms with E-state index in [-0.39, 0.29) is 12.3 Å². The van der Waals surface area contributed by atoms with Crippen molar-refractivity contribution in [1.82, 2.24) is 10.2 Å². The van der Waals surface area contributed by atoms with Crippen molar-refractivity contribution in [3.05, 3.63) is 51.2 Å². The molecular formula is C19H19ClN2O4S. The molecular weight excluding hydrogens is 388 g/mol. The van der Waals surface area contributed by atoms with Gasteiger partial charge in [-0.25, -0.2) is 4.79 Å². The lowest BCUT2D eigenvalue weighted by atomic mass is 9.93. The number of Topliss-reactive ketones (excluding diaryl/α,β-unsaturated/α-hetero) is 1. The van der Waals surface area contributed by atoms with Gasteiger partial charge < -0.3 is 10.1 Å². The second-order valence-electron chi connectivity index (χ2n) is 6.53. The van der Waals surface area contributed by atoms with Crippen LogP contribution in [0.4, 0.5) is 4.79 Å². The molecule has 1 fully saturated rings. The third-order valence-electron chi connectivity index (χ3n) is 4.57. The summed E-state index contributed by atoms with van der Waals surface area (Å²) in [6.45, 7) is 1.39. The first-order chi connectivity index (χ1) is 12.8. The Hall–Kier alpha value is -2.38. The Morgan fingerprint density at radius 2 is 1.93 bits per heavy atom. The highest BCUT2D eigenvalue weighted by atomic mass is 35.5. The minimum absolute atomic E-state index is 0.292.